The van der Waals surface area contributed by atoms with E-state index in [1.807, 2.05) is 0 Å². The molecule has 7 heavy (non-hydrogen) atoms. The Morgan fingerprint density at radius 2 is 2.43 bits per heavy atom. The van der Waals surface area contributed by atoms with Crippen molar-refractivity contribution in [3.05, 3.63) is 0 Å². The molecule has 2 heterocycles. The van der Waals surface area contributed by atoms with Crippen molar-refractivity contribution in [2.75, 3.05) is 13.1 Å². The molecule has 2 unspecified atom stereocenters. The second kappa shape index (κ2) is 0.976. The highest BCUT2D eigenvalue weighted by atomic mass is 15.9. The van der Waals surface area contributed by atoms with Crippen molar-refractivity contribution in [3.8, 4) is 0 Å². The molecule has 2 fully saturated rings. The summed E-state index contributed by atoms with van der Waals surface area (Å²) in [5.74, 6) is 5.45. The molecule has 0 aromatic rings. The van der Waals surface area contributed by atoms with Crippen molar-refractivity contribution in [2.45, 2.75) is 6.29 Å². The van der Waals surface area contributed by atoms with Crippen LogP contribution < -0.4 is 11.3 Å². The zero-order valence-electron chi connectivity index (χ0n) is 3.96. The first-order valence-electron chi connectivity index (χ1n) is 2.42. The van der Waals surface area contributed by atoms with Gasteiger partial charge in [0.15, 0.2) is 6.29 Å². The molecule has 0 bridgehead atoms. The fourth-order valence-corrected chi connectivity index (χ4v) is 0.900. The fourth-order valence-electron chi connectivity index (χ4n) is 0.900. The molecular formula is C3H8N4. The minimum atomic E-state index is 0.375. The smallest absolute Gasteiger partial charge is 0.155 e. The van der Waals surface area contributed by atoms with E-state index >= 15 is 0 Å². The first kappa shape index (κ1) is 3.80. The molecule has 4 nitrogen and oxygen atoms in total. The number of hydrogen-bond donors (Lipinski definition) is 2. The van der Waals surface area contributed by atoms with Crippen LogP contribution in [0.1, 0.15) is 0 Å². The Labute approximate surface area is 41.8 Å². The van der Waals surface area contributed by atoms with Crippen LogP contribution in [0, 0.1) is 0 Å². The molecule has 2 rings (SSSR count). The Bertz CT molecular complexity index is 92.9. The Hall–Kier alpha value is -0.160. The van der Waals surface area contributed by atoms with Crippen LogP contribution >= 0.6 is 0 Å². The summed E-state index contributed by atoms with van der Waals surface area (Å²) in [6.07, 6.45) is 0.375. The third-order valence-electron chi connectivity index (χ3n) is 1.42. The number of nitrogens with one attached hydrogen (secondary N) is 1. The summed E-state index contributed by atoms with van der Waals surface area (Å²) >= 11 is 0. The van der Waals surface area contributed by atoms with Gasteiger partial charge in [0.05, 0.1) is 0 Å². The Kier molecular flexibility index (Phi) is 0.529. The van der Waals surface area contributed by atoms with Crippen LogP contribution in [0.15, 0.2) is 0 Å². The maximum absolute atomic E-state index is 5.45. The van der Waals surface area contributed by atoms with E-state index in [2.05, 4.69) is 10.4 Å². The lowest BCUT2D eigenvalue weighted by atomic mass is 10.7. The van der Waals surface area contributed by atoms with Crippen LogP contribution in [0.4, 0.5) is 0 Å². The third-order valence-corrected chi connectivity index (χ3v) is 1.42. The van der Waals surface area contributed by atoms with E-state index in [0.717, 1.165) is 13.1 Å². The Balaban J connectivity index is 2.08. The van der Waals surface area contributed by atoms with E-state index < -0.39 is 0 Å². The number of fused-ring (bicyclic) bond motifs is 1. The van der Waals surface area contributed by atoms with Crippen LogP contribution in [-0.4, -0.2) is 29.4 Å². The Morgan fingerprint density at radius 1 is 1.57 bits per heavy atom. The molecule has 2 atom stereocenters. The lowest BCUT2D eigenvalue weighted by Crippen LogP contribution is -2.34. The SMILES string of the molecule is NN1CCN2NC12. The molecule has 4 heteroatoms. The van der Waals surface area contributed by atoms with Gasteiger partial charge in [0.25, 0.3) is 0 Å². The van der Waals surface area contributed by atoms with Crippen molar-refractivity contribution in [2.24, 2.45) is 5.84 Å². The van der Waals surface area contributed by atoms with Crippen molar-refractivity contribution in [3.63, 3.8) is 0 Å². The average Bonchev–Trinajstić information content (AvgIpc) is 2.33. The molecule has 0 aromatic carbocycles. The second-order valence-corrected chi connectivity index (χ2v) is 1.93. The van der Waals surface area contributed by atoms with Crippen LogP contribution in [0.2, 0.25) is 0 Å². The molecule has 2 aliphatic heterocycles. The van der Waals surface area contributed by atoms with Crippen molar-refractivity contribution in [1.29, 1.82) is 0 Å². The summed E-state index contributed by atoms with van der Waals surface area (Å²) < 4.78 is 0. The summed E-state index contributed by atoms with van der Waals surface area (Å²) in [6, 6.07) is 0. The first-order valence-corrected chi connectivity index (χ1v) is 2.42. The minimum Gasteiger partial charge on any atom is -0.266 e. The molecule has 2 saturated heterocycles. The van der Waals surface area contributed by atoms with Gasteiger partial charge in [-0.15, -0.1) is 0 Å². The fraction of sp³-hybridized carbons (Fsp3) is 1.00. The molecule has 0 aromatic heterocycles. The van der Waals surface area contributed by atoms with E-state index in [-0.39, 0.29) is 0 Å². The molecule has 40 valence electrons. The molecule has 0 amide bonds. The average molecular weight is 100 g/mol. The van der Waals surface area contributed by atoms with Gasteiger partial charge in [-0.1, -0.05) is 0 Å². The predicted octanol–water partition coefficient (Wildman–Crippen LogP) is -1.72. The highest BCUT2D eigenvalue weighted by molar-refractivity contribution is 4.83. The number of hydrogen-bond acceptors (Lipinski definition) is 4. The van der Waals surface area contributed by atoms with E-state index in [0.29, 0.717) is 6.29 Å². The van der Waals surface area contributed by atoms with Crippen molar-refractivity contribution in [1.82, 2.24) is 15.4 Å². The highest BCUT2D eigenvalue weighted by Gasteiger charge is 2.42. The summed E-state index contributed by atoms with van der Waals surface area (Å²) in [4.78, 5) is 0. The lowest BCUT2D eigenvalue weighted by Gasteiger charge is -2.03. The van der Waals surface area contributed by atoms with Crippen LogP contribution in [0.25, 0.3) is 0 Å². The van der Waals surface area contributed by atoms with Gasteiger partial charge in [0.1, 0.15) is 0 Å². The van der Waals surface area contributed by atoms with Crippen molar-refractivity contribution < 1.29 is 0 Å². The van der Waals surface area contributed by atoms with Gasteiger partial charge in [0.2, 0.25) is 0 Å². The zero-order valence-corrected chi connectivity index (χ0v) is 3.96. The topological polar surface area (TPSA) is 54.2 Å². The predicted molar refractivity (Wildman–Crippen MR) is 24.5 cm³/mol. The molecule has 2 aliphatic rings. The third kappa shape index (κ3) is 0.391. The Morgan fingerprint density at radius 3 is 2.57 bits per heavy atom. The van der Waals surface area contributed by atoms with Gasteiger partial charge in [-0.05, 0) is 0 Å². The standard InChI is InChI=1S/C3H8N4/c4-6-1-2-7-3(6)5-7/h3,5H,1-2,4H2. The van der Waals surface area contributed by atoms with Gasteiger partial charge in [-0.2, -0.15) is 0 Å². The van der Waals surface area contributed by atoms with Gasteiger partial charge in [-0.25, -0.2) is 15.4 Å². The van der Waals surface area contributed by atoms with E-state index in [4.69, 9.17) is 5.84 Å². The molecule has 0 radical (unpaired) electrons. The number of hydrazine groups is 2. The van der Waals surface area contributed by atoms with Gasteiger partial charge >= 0.3 is 0 Å². The van der Waals surface area contributed by atoms with Crippen LogP contribution in [0.5, 0.6) is 0 Å². The van der Waals surface area contributed by atoms with Gasteiger partial charge in [0, 0.05) is 13.1 Å². The number of nitrogens with two attached hydrogens (primary N) is 1. The maximum atomic E-state index is 5.45. The van der Waals surface area contributed by atoms with E-state index in [1.54, 1.807) is 5.01 Å². The van der Waals surface area contributed by atoms with Gasteiger partial charge in [-0.3, -0.25) is 5.84 Å². The minimum absolute atomic E-state index is 0.375. The molecule has 0 aliphatic carbocycles. The largest absolute Gasteiger partial charge is 0.266 e. The highest BCUT2D eigenvalue weighted by Crippen LogP contribution is 2.16. The quantitative estimate of drug-likeness (QED) is 0.281. The molecule has 3 N–H and O–H groups in total. The summed E-state index contributed by atoms with van der Waals surface area (Å²) in [5, 5.41) is 3.89. The van der Waals surface area contributed by atoms with Crippen LogP contribution in [-0.2, 0) is 0 Å². The van der Waals surface area contributed by atoms with E-state index in [9.17, 15) is 0 Å². The van der Waals surface area contributed by atoms with Gasteiger partial charge < -0.3 is 0 Å². The first-order chi connectivity index (χ1) is 3.38. The summed E-state index contributed by atoms with van der Waals surface area (Å²) in [5.41, 5.74) is 3.05. The number of rotatable bonds is 0. The number of nitrogens with zero attached hydrogens (tertiary/aromatic N) is 2. The normalized spacial score (nSPS) is 49.3. The van der Waals surface area contributed by atoms with E-state index in [1.165, 1.54) is 0 Å². The van der Waals surface area contributed by atoms with Crippen molar-refractivity contribution >= 4 is 0 Å². The second-order valence-electron chi connectivity index (χ2n) is 1.93. The molecule has 0 spiro atoms. The lowest BCUT2D eigenvalue weighted by molar-refractivity contribution is 0.305. The molecule has 0 saturated carbocycles. The zero-order chi connectivity index (χ0) is 4.85. The summed E-state index contributed by atoms with van der Waals surface area (Å²) in [7, 11) is 0. The molecular weight excluding hydrogens is 92.1 g/mol. The van der Waals surface area contributed by atoms with Crippen LogP contribution in [0.3, 0.4) is 0 Å². The monoisotopic (exact) mass is 100 g/mol. The maximum Gasteiger partial charge on any atom is 0.155 e. The summed E-state index contributed by atoms with van der Waals surface area (Å²) in [6.45, 7) is 2.07.